The Morgan fingerprint density at radius 3 is 2.32 bits per heavy atom. The number of carbonyl (C=O) groups is 1. The lowest BCUT2D eigenvalue weighted by molar-refractivity contribution is -0.111. The summed E-state index contributed by atoms with van der Waals surface area (Å²) in [6.45, 7) is 8.69. The predicted molar refractivity (Wildman–Crippen MR) is 77.9 cm³/mol. The van der Waals surface area contributed by atoms with Gasteiger partial charge in [-0.25, -0.2) is 0 Å². The Hall–Kier alpha value is -1.19. The molecule has 0 aliphatic carbocycles. The number of rotatable bonds is 3. The van der Waals surface area contributed by atoms with Crippen LogP contribution in [0, 0.1) is 5.92 Å². The van der Waals surface area contributed by atoms with Gasteiger partial charge in [-0.15, -0.1) is 0 Å². The zero-order valence-electron chi connectivity index (χ0n) is 12.2. The van der Waals surface area contributed by atoms with Crippen molar-refractivity contribution >= 4 is 6.29 Å². The first-order valence-corrected chi connectivity index (χ1v) is 6.97. The lowest BCUT2D eigenvalue weighted by Crippen LogP contribution is -2.34. The summed E-state index contributed by atoms with van der Waals surface area (Å²) in [5, 5.41) is 0. The highest BCUT2D eigenvalue weighted by Crippen LogP contribution is 2.23. The molecule has 0 spiro atoms. The van der Waals surface area contributed by atoms with E-state index in [1.165, 1.54) is 11.1 Å². The van der Waals surface area contributed by atoms with E-state index in [-0.39, 0.29) is 23.4 Å². The van der Waals surface area contributed by atoms with Gasteiger partial charge in [0.15, 0.2) is 0 Å². The van der Waals surface area contributed by atoms with Crippen LogP contribution in [-0.2, 0) is 16.6 Å². The summed E-state index contributed by atoms with van der Waals surface area (Å²) in [5.41, 5.74) is 9.16. The highest BCUT2D eigenvalue weighted by Gasteiger charge is 2.32. The van der Waals surface area contributed by atoms with Crippen molar-refractivity contribution in [2.75, 3.05) is 0 Å². The SMILES string of the molecule is CC1NNC(Cc2ccc(C(C)(C)C)cc2)C1C=O. The largest absolute Gasteiger partial charge is 0.303 e. The molecule has 2 N–H and O–H groups in total. The molecule has 0 radical (unpaired) electrons. The van der Waals surface area contributed by atoms with Gasteiger partial charge >= 0.3 is 0 Å². The Morgan fingerprint density at radius 2 is 1.79 bits per heavy atom. The van der Waals surface area contributed by atoms with E-state index in [4.69, 9.17) is 0 Å². The van der Waals surface area contributed by atoms with Crippen LogP contribution >= 0.6 is 0 Å². The number of hydrogen-bond donors (Lipinski definition) is 2. The number of benzene rings is 1. The number of hydrogen-bond acceptors (Lipinski definition) is 3. The van der Waals surface area contributed by atoms with E-state index in [9.17, 15) is 4.79 Å². The molecule has 2 rings (SSSR count). The Balaban J connectivity index is 2.06. The van der Waals surface area contributed by atoms with E-state index in [2.05, 4.69) is 55.9 Å². The monoisotopic (exact) mass is 260 g/mol. The molecule has 104 valence electrons. The van der Waals surface area contributed by atoms with Gasteiger partial charge in [0.05, 0.1) is 0 Å². The van der Waals surface area contributed by atoms with Crippen molar-refractivity contribution in [2.24, 2.45) is 5.92 Å². The van der Waals surface area contributed by atoms with Crippen LogP contribution < -0.4 is 10.9 Å². The van der Waals surface area contributed by atoms with Crippen molar-refractivity contribution in [2.45, 2.75) is 51.6 Å². The fraction of sp³-hybridized carbons (Fsp3) is 0.562. The zero-order valence-corrected chi connectivity index (χ0v) is 12.2. The molecular weight excluding hydrogens is 236 g/mol. The molecule has 1 heterocycles. The third kappa shape index (κ3) is 3.23. The van der Waals surface area contributed by atoms with Gasteiger partial charge in [-0.05, 0) is 29.9 Å². The molecule has 0 saturated carbocycles. The smallest absolute Gasteiger partial charge is 0.126 e. The Morgan fingerprint density at radius 1 is 1.16 bits per heavy atom. The van der Waals surface area contributed by atoms with Crippen LogP contribution in [0.25, 0.3) is 0 Å². The van der Waals surface area contributed by atoms with Crippen LogP contribution in [0.15, 0.2) is 24.3 Å². The van der Waals surface area contributed by atoms with Crippen molar-refractivity contribution < 1.29 is 4.79 Å². The Labute approximate surface area is 115 Å². The van der Waals surface area contributed by atoms with Gasteiger partial charge in [0.1, 0.15) is 6.29 Å². The Bertz CT molecular complexity index is 433. The Kier molecular flexibility index (Phi) is 4.07. The van der Waals surface area contributed by atoms with Crippen LogP contribution in [0.3, 0.4) is 0 Å². The summed E-state index contributed by atoms with van der Waals surface area (Å²) < 4.78 is 0. The molecule has 1 aromatic carbocycles. The molecule has 1 aliphatic rings. The van der Waals surface area contributed by atoms with Gasteiger partial charge in [-0.2, -0.15) is 0 Å². The van der Waals surface area contributed by atoms with Crippen LogP contribution in [0.4, 0.5) is 0 Å². The first-order chi connectivity index (χ1) is 8.91. The van der Waals surface area contributed by atoms with E-state index >= 15 is 0 Å². The normalized spacial score (nSPS) is 27.5. The van der Waals surface area contributed by atoms with Crippen molar-refractivity contribution in [3.05, 3.63) is 35.4 Å². The molecule has 19 heavy (non-hydrogen) atoms. The first kappa shape index (κ1) is 14.2. The highest BCUT2D eigenvalue weighted by molar-refractivity contribution is 5.57. The van der Waals surface area contributed by atoms with Gasteiger partial charge in [-0.3, -0.25) is 10.9 Å². The van der Waals surface area contributed by atoms with Gasteiger partial charge in [0.25, 0.3) is 0 Å². The minimum absolute atomic E-state index is 0.0438. The van der Waals surface area contributed by atoms with Crippen LogP contribution in [-0.4, -0.2) is 18.4 Å². The fourth-order valence-electron chi connectivity index (χ4n) is 2.57. The summed E-state index contributed by atoms with van der Waals surface area (Å²) in [5.74, 6) is 0.0438. The van der Waals surface area contributed by atoms with E-state index in [0.29, 0.717) is 0 Å². The summed E-state index contributed by atoms with van der Waals surface area (Å²) in [6, 6.07) is 9.12. The van der Waals surface area contributed by atoms with E-state index in [1.807, 2.05) is 6.92 Å². The maximum atomic E-state index is 11.1. The maximum Gasteiger partial charge on any atom is 0.126 e. The van der Waals surface area contributed by atoms with Crippen LogP contribution in [0.2, 0.25) is 0 Å². The van der Waals surface area contributed by atoms with Gasteiger partial charge in [-0.1, -0.05) is 45.0 Å². The highest BCUT2D eigenvalue weighted by atomic mass is 16.1. The summed E-state index contributed by atoms with van der Waals surface area (Å²) in [4.78, 5) is 11.1. The predicted octanol–water partition coefficient (Wildman–Crippen LogP) is 2.21. The molecule has 3 heteroatoms. The second-order valence-corrected chi connectivity index (χ2v) is 6.55. The molecule has 1 aromatic rings. The van der Waals surface area contributed by atoms with Gasteiger partial charge < -0.3 is 4.79 Å². The van der Waals surface area contributed by atoms with Crippen molar-refractivity contribution in [1.82, 2.24) is 10.9 Å². The van der Waals surface area contributed by atoms with Crippen molar-refractivity contribution in [3.63, 3.8) is 0 Å². The average molecular weight is 260 g/mol. The number of carbonyl (C=O) groups excluding carboxylic acids is 1. The lowest BCUT2D eigenvalue weighted by atomic mass is 9.85. The van der Waals surface area contributed by atoms with Gasteiger partial charge in [0.2, 0.25) is 0 Å². The molecule has 1 saturated heterocycles. The van der Waals surface area contributed by atoms with Crippen molar-refractivity contribution in [3.8, 4) is 0 Å². The third-order valence-corrected chi connectivity index (χ3v) is 3.97. The zero-order chi connectivity index (χ0) is 14.0. The fourth-order valence-corrected chi connectivity index (χ4v) is 2.57. The molecule has 0 bridgehead atoms. The number of hydrazine groups is 1. The number of aldehydes is 1. The second kappa shape index (κ2) is 5.43. The summed E-state index contributed by atoms with van der Waals surface area (Å²) in [6.07, 6.45) is 1.94. The summed E-state index contributed by atoms with van der Waals surface area (Å²) in [7, 11) is 0. The maximum absolute atomic E-state index is 11.1. The summed E-state index contributed by atoms with van der Waals surface area (Å²) >= 11 is 0. The van der Waals surface area contributed by atoms with Crippen LogP contribution in [0.1, 0.15) is 38.8 Å². The minimum atomic E-state index is 0.0438. The standard InChI is InChI=1S/C16H24N2O/c1-11-14(10-19)15(18-17-11)9-12-5-7-13(8-6-12)16(2,3)4/h5-8,10-11,14-15,17-18H,9H2,1-4H3. The van der Waals surface area contributed by atoms with Gasteiger partial charge in [0, 0.05) is 18.0 Å². The molecule has 0 aromatic heterocycles. The topological polar surface area (TPSA) is 41.1 Å². The molecular formula is C16H24N2O. The van der Waals surface area contributed by atoms with E-state index in [0.717, 1.165) is 12.7 Å². The minimum Gasteiger partial charge on any atom is -0.303 e. The average Bonchev–Trinajstić information content (AvgIpc) is 2.69. The second-order valence-electron chi connectivity index (χ2n) is 6.55. The molecule has 0 amide bonds. The molecule has 1 fully saturated rings. The first-order valence-electron chi connectivity index (χ1n) is 6.97. The van der Waals surface area contributed by atoms with Crippen LogP contribution in [0.5, 0.6) is 0 Å². The quantitative estimate of drug-likeness (QED) is 0.819. The molecule has 3 nitrogen and oxygen atoms in total. The van der Waals surface area contributed by atoms with Crippen molar-refractivity contribution in [1.29, 1.82) is 0 Å². The molecule has 3 unspecified atom stereocenters. The molecule has 3 atom stereocenters. The van der Waals surface area contributed by atoms with E-state index < -0.39 is 0 Å². The van der Waals surface area contributed by atoms with E-state index in [1.54, 1.807) is 0 Å². The number of nitrogens with one attached hydrogen (secondary N) is 2. The molecule has 1 aliphatic heterocycles. The lowest BCUT2D eigenvalue weighted by Gasteiger charge is -2.20. The third-order valence-electron chi connectivity index (χ3n) is 3.97.